The van der Waals surface area contributed by atoms with Gasteiger partial charge >= 0.3 is 0 Å². The average Bonchev–Trinajstić information content (AvgIpc) is 3.41. The first-order chi connectivity index (χ1) is 35.4. The van der Waals surface area contributed by atoms with Crippen molar-refractivity contribution in [1.29, 1.82) is 0 Å². The number of rotatable bonds is 12. The van der Waals surface area contributed by atoms with Crippen molar-refractivity contribution in [3.05, 3.63) is 180 Å². The van der Waals surface area contributed by atoms with E-state index >= 15 is 0 Å². The molecule has 0 radical (unpaired) electrons. The van der Waals surface area contributed by atoms with Crippen LogP contribution in [0.1, 0.15) is 41.4 Å². The number of carbonyl (C=O) groups is 4. The van der Waals surface area contributed by atoms with Gasteiger partial charge in [-0.2, -0.15) is 0 Å². The van der Waals surface area contributed by atoms with Crippen molar-refractivity contribution < 1.29 is 59.3 Å². The maximum Gasteiger partial charge on any atom is 0.255 e. The third-order valence-electron chi connectivity index (χ3n) is 13.5. The van der Waals surface area contributed by atoms with E-state index in [1.54, 1.807) is 97.1 Å². The van der Waals surface area contributed by atoms with E-state index in [0.29, 0.717) is 44.4 Å². The van der Waals surface area contributed by atoms with Crippen molar-refractivity contribution in [3.63, 3.8) is 0 Å². The Morgan fingerprint density at radius 2 is 0.781 bits per heavy atom. The summed E-state index contributed by atoms with van der Waals surface area (Å²) in [6, 6.07) is 43.1. The van der Waals surface area contributed by atoms with Crippen LogP contribution < -0.4 is 21.3 Å². The summed E-state index contributed by atoms with van der Waals surface area (Å²) < 4.78 is 11.9. The number of benzene rings is 8. The molecule has 0 aliphatic carbocycles. The van der Waals surface area contributed by atoms with Crippen LogP contribution >= 0.6 is 11.8 Å². The second-order valence-electron chi connectivity index (χ2n) is 18.0. The Labute approximate surface area is 421 Å². The molecular weight excluding hydrogens is 953 g/mol. The van der Waals surface area contributed by atoms with E-state index in [2.05, 4.69) is 21.3 Å². The second kappa shape index (κ2) is 21.0. The van der Waals surface area contributed by atoms with Gasteiger partial charge in [-0.3, -0.25) is 19.2 Å². The van der Waals surface area contributed by atoms with E-state index < -0.39 is 96.4 Å². The van der Waals surface area contributed by atoms with Crippen molar-refractivity contribution in [2.75, 3.05) is 23.8 Å². The van der Waals surface area contributed by atoms with E-state index in [1.165, 1.54) is 0 Å². The van der Waals surface area contributed by atoms with Crippen LogP contribution in [0.2, 0.25) is 0 Å². The fourth-order valence-electron chi connectivity index (χ4n) is 9.61. The smallest absolute Gasteiger partial charge is 0.255 e. The van der Waals surface area contributed by atoms with E-state index in [-0.39, 0.29) is 22.5 Å². The van der Waals surface area contributed by atoms with Gasteiger partial charge < -0.3 is 61.4 Å². The van der Waals surface area contributed by atoms with Gasteiger partial charge in [0.15, 0.2) is 0 Å². The zero-order chi connectivity index (χ0) is 50.9. The highest BCUT2D eigenvalue weighted by Gasteiger charge is 2.51. The monoisotopic (exact) mass is 1000 g/mol. The van der Waals surface area contributed by atoms with Crippen molar-refractivity contribution in [2.45, 2.75) is 59.6 Å². The number of anilines is 2. The van der Waals surface area contributed by atoms with Crippen molar-refractivity contribution >= 4 is 89.9 Å². The molecule has 372 valence electrons. The van der Waals surface area contributed by atoms with Crippen LogP contribution in [0.15, 0.2) is 158 Å². The molecule has 4 amide bonds. The lowest BCUT2D eigenvalue weighted by Gasteiger charge is -2.46. The summed E-state index contributed by atoms with van der Waals surface area (Å²) in [5.41, 5.74) is -1.91. The van der Waals surface area contributed by atoms with Crippen LogP contribution in [0, 0.1) is 0 Å². The second-order valence-corrected chi connectivity index (χ2v) is 19.2. The molecule has 8 aromatic carbocycles. The van der Waals surface area contributed by atoms with E-state index in [0.717, 1.165) is 21.5 Å². The molecule has 73 heavy (non-hydrogen) atoms. The molecule has 2 heterocycles. The number of nitrogens with one attached hydrogen (secondary N) is 4. The molecule has 17 heteroatoms. The predicted molar refractivity (Wildman–Crippen MR) is 277 cm³/mol. The van der Waals surface area contributed by atoms with Gasteiger partial charge in [-0.05, 0) is 79.5 Å². The number of carbonyl (C=O) groups excluding carboxylic acids is 4. The molecule has 0 aromatic heterocycles. The van der Waals surface area contributed by atoms with Crippen LogP contribution in [0.4, 0.5) is 11.4 Å². The Bertz CT molecular complexity index is 3190. The van der Waals surface area contributed by atoms with Gasteiger partial charge in [0, 0.05) is 11.1 Å². The van der Waals surface area contributed by atoms with Crippen LogP contribution in [0.25, 0.3) is 43.1 Å². The Kier molecular flexibility index (Phi) is 14.2. The zero-order valence-electron chi connectivity index (χ0n) is 38.7. The number of thioether (sulfide) groups is 1. The van der Waals surface area contributed by atoms with Crippen LogP contribution in [-0.4, -0.2) is 127 Å². The minimum atomic E-state index is -1.76. The van der Waals surface area contributed by atoms with Crippen LogP contribution in [0.3, 0.4) is 0 Å². The van der Waals surface area contributed by atoms with Crippen molar-refractivity contribution in [1.82, 2.24) is 10.6 Å². The Hall–Kier alpha value is -7.29. The number of aliphatic hydroxyl groups excluding tert-OH is 6. The fourth-order valence-corrected chi connectivity index (χ4v) is 10.9. The molecule has 2 saturated heterocycles. The zero-order valence-corrected chi connectivity index (χ0v) is 39.6. The largest absolute Gasteiger partial charge is 0.394 e. The lowest BCUT2D eigenvalue weighted by Crippen LogP contribution is -2.66. The van der Waals surface area contributed by atoms with Crippen molar-refractivity contribution in [2.24, 2.45) is 0 Å². The fraction of sp³-hybridized carbons (Fsp3) is 0.214. The Morgan fingerprint density at radius 3 is 1.18 bits per heavy atom. The van der Waals surface area contributed by atoms with Gasteiger partial charge in [0.2, 0.25) is 0 Å². The van der Waals surface area contributed by atoms with Gasteiger partial charge in [0.25, 0.3) is 23.6 Å². The SMILES string of the molecule is O=C(Nc1ccc2ccccc2c1C(=O)N[C@H]1[C@@H](O)[C@@H](CO)O[C@@H](S[C@@H]2O[C@H](CO)[C@H](O)[C@H](NC(=O)c3c(NC(=O)c4ccc5ccccc5c4)ccc4ccccc34)[C@H]2O)[C@@H]1O)c1ccc2ccccc2c1. The summed E-state index contributed by atoms with van der Waals surface area (Å²) in [5, 5.41) is 84.6. The van der Waals surface area contributed by atoms with Gasteiger partial charge in [-0.1, -0.05) is 133 Å². The molecule has 2 aliphatic heterocycles. The summed E-state index contributed by atoms with van der Waals surface area (Å²) in [4.78, 5) is 56.6. The van der Waals surface area contributed by atoms with E-state index in [9.17, 15) is 49.8 Å². The highest BCUT2D eigenvalue weighted by Crippen LogP contribution is 2.38. The van der Waals surface area contributed by atoms with Gasteiger partial charge in [-0.15, -0.1) is 0 Å². The standard InChI is InChI=1S/C56H50N4O12S/c61-27-41-47(63)45(59-53(69)43-37-15-7-5-11-31(37)21-23-39(43)57-51(67)35-19-17-29-9-1-3-13-33(29)25-35)49(65)55(71-41)73-56-50(66)46(48(64)42(28-62)72-56)60-54(70)44-38-16-8-6-12-32(38)22-24-40(44)58-52(68)36-20-18-30-10-2-4-14-34(30)26-36/h1-26,41-42,45-50,55-56,61-66H,27-28H2,(H,57,67)(H,58,68)(H,59,69)(H,60,70)/t41-,42-,45+,46+,47+,48+,49-,50-,55+,56+/m1/s1. The number of hydrogen-bond acceptors (Lipinski definition) is 13. The molecule has 10 N–H and O–H groups in total. The molecule has 16 nitrogen and oxygen atoms in total. The number of fused-ring (bicyclic) bond motifs is 4. The molecular formula is C56H50N4O12S. The minimum absolute atomic E-state index is 0.0230. The molecule has 2 fully saturated rings. The molecule has 2 aliphatic rings. The molecule has 0 saturated carbocycles. The van der Waals surface area contributed by atoms with Gasteiger partial charge in [-0.25, -0.2) is 0 Å². The highest BCUT2D eigenvalue weighted by molar-refractivity contribution is 8.00. The molecule has 0 spiro atoms. The lowest BCUT2D eigenvalue weighted by molar-refractivity contribution is -0.175. The topological polar surface area (TPSA) is 256 Å². The summed E-state index contributed by atoms with van der Waals surface area (Å²) >= 11 is 0.673. The number of hydrogen-bond donors (Lipinski definition) is 10. The summed E-state index contributed by atoms with van der Waals surface area (Å²) in [6.45, 7) is -1.54. The van der Waals surface area contributed by atoms with Gasteiger partial charge in [0.1, 0.15) is 47.5 Å². The average molecular weight is 1000 g/mol. The molecule has 10 rings (SSSR count). The Balaban J connectivity index is 0.893. The Morgan fingerprint density at radius 1 is 0.425 bits per heavy atom. The quantitative estimate of drug-likeness (QED) is 0.0746. The molecule has 0 bridgehead atoms. The third-order valence-corrected chi connectivity index (χ3v) is 14.8. The van der Waals surface area contributed by atoms with Crippen LogP contribution in [0.5, 0.6) is 0 Å². The third kappa shape index (κ3) is 9.85. The first-order valence-electron chi connectivity index (χ1n) is 23.6. The molecule has 10 atom stereocenters. The van der Waals surface area contributed by atoms with Gasteiger partial charge in [0.05, 0.1) is 47.8 Å². The van der Waals surface area contributed by atoms with Crippen molar-refractivity contribution in [3.8, 4) is 0 Å². The maximum atomic E-state index is 14.6. The maximum absolute atomic E-state index is 14.6. The summed E-state index contributed by atoms with van der Waals surface area (Å²) in [7, 11) is 0. The minimum Gasteiger partial charge on any atom is -0.394 e. The van der Waals surface area contributed by atoms with E-state index in [1.807, 2.05) is 60.7 Å². The lowest BCUT2D eigenvalue weighted by atomic mass is 9.95. The molecule has 8 aromatic rings. The predicted octanol–water partition coefficient (Wildman–Crippen LogP) is 5.31. The number of aliphatic hydroxyl groups is 6. The first kappa shape index (κ1) is 49.3. The number of amides is 4. The normalized spacial score (nSPS) is 24.0. The van der Waals surface area contributed by atoms with Crippen LogP contribution in [-0.2, 0) is 9.47 Å². The first-order valence-corrected chi connectivity index (χ1v) is 24.5. The van der Waals surface area contributed by atoms with E-state index in [4.69, 9.17) is 9.47 Å². The highest BCUT2D eigenvalue weighted by atomic mass is 32.2. The summed E-state index contributed by atoms with van der Waals surface area (Å²) in [5.74, 6) is -2.58. The summed E-state index contributed by atoms with van der Waals surface area (Å²) in [6.07, 6.45) is -9.67. The number of ether oxygens (including phenoxy) is 2. The molecule has 0 unspecified atom stereocenters.